The van der Waals surface area contributed by atoms with Gasteiger partial charge in [0, 0.05) is 5.56 Å². The molecule has 5 rings (SSSR count). The summed E-state index contributed by atoms with van der Waals surface area (Å²) in [7, 11) is 1.54. The van der Waals surface area contributed by atoms with E-state index in [4.69, 9.17) is 9.15 Å². The summed E-state index contributed by atoms with van der Waals surface area (Å²) in [6, 6.07) is 14.9. The summed E-state index contributed by atoms with van der Waals surface area (Å²) >= 11 is 1.31. The van der Waals surface area contributed by atoms with Crippen LogP contribution in [0.3, 0.4) is 0 Å². The molecule has 4 aromatic rings. The van der Waals surface area contributed by atoms with Gasteiger partial charge in [0.05, 0.1) is 22.9 Å². The summed E-state index contributed by atoms with van der Waals surface area (Å²) in [6.45, 7) is 3.76. The SMILES string of the molecule is COc1ccc(C(O)=C2C(=O)C(=O)N(c3nc4ccc(C)cc4s3)C2c2ccc(C)o2)cc1. The van der Waals surface area contributed by atoms with E-state index in [0.29, 0.717) is 28.0 Å². The van der Waals surface area contributed by atoms with Gasteiger partial charge >= 0.3 is 5.91 Å². The van der Waals surface area contributed by atoms with Crippen LogP contribution in [0.15, 0.2) is 64.6 Å². The molecule has 1 saturated heterocycles. The summed E-state index contributed by atoms with van der Waals surface area (Å²) in [5, 5.41) is 11.5. The number of furan rings is 1. The van der Waals surface area contributed by atoms with Gasteiger partial charge in [0.1, 0.15) is 29.1 Å². The van der Waals surface area contributed by atoms with Crippen LogP contribution in [0.5, 0.6) is 5.75 Å². The minimum Gasteiger partial charge on any atom is -0.507 e. The minimum atomic E-state index is -0.942. The fourth-order valence-electron chi connectivity index (χ4n) is 3.93. The molecule has 1 N–H and O–H groups in total. The first kappa shape index (κ1) is 21.0. The third-order valence-corrected chi connectivity index (χ3v) is 6.59. The van der Waals surface area contributed by atoms with Gasteiger partial charge in [-0.1, -0.05) is 17.4 Å². The number of thiazole rings is 1. The Labute approximate surface area is 193 Å². The molecule has 1 fully saturated rings. The third kappa shape index (κ3) is 3.48. The molecule has 7 nitrogen and oxygen atoms in total. The van der Waals surface area contributed by atoms with Gasteiger partial charge in [-0.05, 0) is 67.9 Å². The van der Waals surface area contributed by atoms with E-state index in [9.17, 15) is 14.7 Å². The molecule has 3 heterocycles. The van der Waals surface area contributed by atoms with Crippen LogP contribution in [0.4, 0.5) is 5.13 Å². The van der Waals surface area contributed by atoms with Gasteiger partial charge in [-0.15, -0.1) is 0 Å². The summed E-state index contributed by atoms with van der Waals surface area (Å²) in [4.78, 5) is 32.3. The molecule has 1 aliphatic rings. The molecule has 0 saturated carbocycles. The second kappa shape index (κ2) is 7.90. The van der Waals surface area contributed by atoms with Crippen molar-refractivity contribution in [1.82, 2.24) is 4.98 Å². The summed E-state index contributed by atoms with van der Waals surface area (Å²) in [6.07, 6.45) is 0. The summed E-state index contributed by atoms with van der Waals surface area (Å²) in [5.74, 6) is -0.237. The Morgan fingerprint density at radius 2 is 1.85 bits per heavy atom. The molecular formula is C25H20N2O5S. The zero-order valence-corrected chi connectivity index (χ0v) is 19.0. The summed E-state index contributed by atoms with van der Waals surface area (Å²) < 4.78 is 11.9. The number of aryl methyl sites for hydroxylation is 2. The van der Waals surface area contributed by atoms with Crippen LogP contribution in [0.2, 0.25) is 0 Å². The lowest BCUT2D eigenvalue weighted by Crippen LogP contribution is -2.29. The molecular weight excluding hydrogens is 440 g/mol. The number of carbonyl (C=O) groups is 2. The van der Waals surface area contributed by atoms with Crippen LogP contribution < -0.4 is 9.64 Å². The van der Waals surface area contributed by atoms with E-state index >= 15 is 0 Å². The number of fused-ring (bicyclic) bond motifs is 1. The lowest BCUT2D eigenvalue weighted by molar-refractivity contribution is -0.132. The van der Waals surface area contributed by atoms with Crippen molar-refractivity contribution < 1.29 is 23.8 Å². The number of Topliss-reactive ketones (excluding diaryl/α,β-unsaturated/α-hetero) is 1. The topological polar surface area (TPSA) is 92.9 Å². The van der Waals surface area contributed by atoms with Crippen LogP contribution in [-0.4, -0.2) is 28.9 Å². The maximum absolute atomic E-state index is 13.2. The van der Waals surface area contributed by atoms with E-state index < -0.39 is 17.7 Å². The van der Waals surface area contributed by atoms with E-state index in [0.717, 1.165) is 15.8 Å². The zero-order valence-electron chi connectivity index (χ0n) is 18.2. The zero-order chi connectivity index (χ0) is 23.3. The molecule has 1 unspecified atom stereocenters. The Balaban J connectivity index is 1.70. The Bertz CT molecular complexity index is 1430. The number of rotatable bonds is 4. The molecule has 2 aromatic heterocycles. The number of carbonyl (C=O) groups excluding carboxylic acids is 2. The smallest absolute Gasteiger partial charge is 0.302 e. The molecule has 0 spiro atoms. The van der Waals surface area contributed by atoms with Crippen LogP contribution in [-0.2, 0) is 9.59 Å². The molecule has 33 heavy (non-hydrogen) atoms. The van der Waals surface area contributed by atoms with E-state index in [1.807, 2.05) is 25.1 Å². The fourth-order valence-corrected chi connectivity index (χ4v) is 5.02. The number of aromatic nitrogens is 1. The average Bonchev–Trinajstić information content (AvgIpc) is 3.49. The highest BCUT2D eigenvalue weighted by Gasteiger charge is 2.49. The largest absolute Gasteiger partial charge is 0.507 e. The average molecular weight is 461 g/mol. The number of amides is 1. The van der Waals surface area contributed by atoms with Crippen LogP contribution in [0.1, 0.15) is 28.7 Å². The van der Waals surface area contributed by atoms with Gasteiger partial charge in [0.15, 0.2) is 5.13 Å². The van der Waals surface area contributed by atoms with Gasteiger partial charge in [0.25, 0.3) is 5.78 Å². The van der Waals surface area contributed by atoms with Crippen molar-refractivity contribution in [3.05, 3.63) is 82.8 Å². The van der Waals surface area contributed by atoms with E-state index in [1.165, 1.54) is 16.2 Å². The Morgan fingerprint density at radius 1 is 1.09 bits per heavy atom. The fraction of sp³-hybridized carbons (Fsp3) is 0.160. The van der Waals surface area contributed by atoms with Gasteiger partial charge in [-0.3, -0.25) is 14.5 Å². The normalized spacial score (nSPS) is 17.8. The van der Waals surface area contributed by atoms with Crippen molar-refractivity contribution in [1.29, 1.82) is 0 Å². The quantitative estimate of drug-likeness (QED) is 0.257. The number of hydrogen-bond donors (Lipinski definition) is 1. The van der Waals surface area contributed by atoms with Gasteiger partial charge in [-0.25, -0.2) is 4.98 Å². The highest BCUT2D eigenvalue weighted by Crippen LogP contribution is 2.44. The molecule has 1 aliphatic heterocycles. The van der Waals surface area contributed by atoms with Gasteiger partial charge in [0.2, 0.25) is 0 Å². The van der Waals surface area contributed by atoms with E-state index in [1.54, 1.807) is 50.4 Å². The number of ether oxygens (including phenoxy) is 1. The monoisotopic (exact) mass is 460 g/mol. The minimum absolute atomic E-state index is 0.0463. The highest BCUT2D eigenvalue weighted by molar-refractivity contribution is 7.22. The third-order valence-electron chi connectivity index (χ3n) is 5.58. The molecule has 2 aromatic carbocycles. The number of methoxy groups -OCH3 is 1. The molecule has 0 radical (unpaired) electrons. The number of anilines is 1. The maximum atomic E-state index is 13.2. The van der Waals surface area contributed by atoms with Gasteiger partial charge < -0.3 is 14.3 Å². The Hall–Kier alpha value is -3.91. The van der Waals surface area contributed by atoms with Crippen molar-refractivity contribution >= 4 is 44.1 Å². The lowest BCUT2D eigenvalue weighted by atomic mass is 9.99. The van der Waals surface area contributed by atoms with Crippen LogP contribution in [0, 0.1) is 13.8 Å². The Morgan fingerprint density at radius 3 is 2.52 bits per heavy atom. The maximum Gasteiger partial charge on any atom is 0.302 e. The van der Waals surface area contributed by atoms with Crippen molar-refractivity contribution in [2.75, 3.05) is 12.0 Å². The standard InChI is InChI=1S/C25H20N2O5S/c1-13-4-10-17-19(12-13)33-25(26-17)27-21(18-11-5-14(2)32-18)20(23(29)24(27)30)22(28)15-6-8-16(31-3)9-7-15/h4-12,21,28H,1-3H3. The van der Waals surface area contributed by atoms with Crippen LogP contribution >= 0.6 is 11.3 Å². The number of nitrogens with zero attached hydrogens (tertiary/aromatic N) is 2. The highest BCUT2D eigenvalue weighted by atomic mass is 32.1. The number of hydrogen-bond acceptors (Lipinski definition) is 7. The number of aliphatic hydroxyl groups excluding tert-OH is 1. The van der Waals surface area contributed by atoms with E-state index in [-0.39, 0.29) is 11.3 Å². The predicted octanol–water partition coefficient (Wildman–Crippen LogP) is 5.14. The van der Waals surface area contributed by atoms with Crippen molar-refractivity contribution in [2.24, 2.45) is 0 Å². The first-order valence-electron chi connectivity index (χ1n) is 10.3. The van der Waals surface area contributed by atoms with Gasteiger partial charge in [-0.2, -0.15) is 0 Å². The Kier molecular flexibility index (Phi) is 5.02. The number of ketones is 1. The molecule has 0 bridgehead atoms. The number of aliphatic hydroxyl groups is 1. The molecule has 1 amide bonds. The molecule has 0 aliphatic carbocycles. The second-order valence-corrected chi connectivity index (χ2v) is 8.82. The summed E-state index contributed by atoms with van der Waals surface area (Å²) in [5.41, 5.74) is 2.14. The van der Waals surface area contributed by atoms with Crippen molar-refractivity contribution in [3.63, 3.8) is 0 Å². The first-order valence-corrected chi connectivity index (χ1v) is 11.1. The molecule has 8 heteroatoms. The first-order chi connectivity index (χ1) is 15.9. The molecule has 1 atom stereocenters. The lowest BCUT2D eigenvalue weighted by Gasteiger charge is -2.20. The predicted molar refractivity (Wildman–Crippen MR) is 126 cm³/mol. The van der Waals surface area contributed by atoms with Crippen molar-refractivity contribution in [3.8, 4) is 5.75 Å². The second-order valence-electron chi connectivity index (χ2n) is 7.81. The molecule has 166 valence electrons. The number of benzene rings is 2. The van der Waals surface area contributed by atoms with Crippen LogP contribution in [0.25, 0.3) is 16.0 Å². The van der Waals surface area contributed by atoms with E-state index in [2.05, 4.69) is 4.98 Å². The van der Waals surface area contributed by atoms with Crippen molar-refractivity contribution in [2.45, 2.75) is 19.9 Å².